The number of nitrogen functional groups attached to an aromatic ring is 1. The third-order valence-electron chi connectivity index (χ3n) is 2.79. The zero-order valence-corrected chi connectivity index (χ0v) is 11.4. The zero-order valence-electron chi connectivity index (χ0n) is 10.6. The number of thiophene rings is 1. The van der Waals surface area contributed by atoms with Crippen LogP contribution < -0.4 is 11.1 Å². The van der Waals surface area contributed by atoms with Crippen LogP contribution in [0, 0.1) is 0 Å². The average molecular weight is 266 g/mol. The molecule has 5 nitrogen and oxygen atoms in total. The number of aliphatic hydroxyl groups is 1. The Balaban J connectivity index is 2.32. The minimum absolute atomic E-state index is 0.264. The van der Waals surface area contributed by atoms with Crippen LogP contribution in [0.3, 0.4) is 0 Å². The Bertz CT molecular complexity index is 540. The number of fused-ring (bicyclic) bond motifs is 1. The molecule has 18 heavy (non-hydrogen) atoms. The third-order valence-corrected chi connectivity index (χ3v) is 3.96. The maximum absolute atomic E-state index is 9.58. The van der Waals surface area contributed by atoms with Crippen molar-refractivity contribution >= 4 is 33.3 Å². The van der Waals surface area contributed by atoms with Crippen molar-refractivity contribution in [2.24, 2.45) is 0 Å². The molecule has 0 radical (unpaired) electrons. The highest BCUT2D eigenvalue weighted by Gasteiger charge is 2.11. The van der Waals surface area contributed by atoms with Gasteiger partial charge in [-0.25, -0.2) is 4.98 Å². The van der Waals surface area contributed by atoms with Gasteiger partial charge < -0.3 is 16.2 Å². The van der Waals surface area contributed by atoms with Crippen LogP contribution in [0.5, 0.6) is 0 Å². The number of aromatic nitrogens is 2. The summed E-state index contributed by atoms with van der Waals surface area (Å²) in [4.78, 5) is 10.6. The van der Waals surface area contributed by atoms with E-state index in [1.807, 2.05) is 6.92 Å². The first-order valence-corrected chi connectivity index (χ1v) is 6.93. The predicted octanol–water partition coefficient (Wildman–Crippen LogP) is 2.02. The van der Waals surface area contributed by atoms with Crippen molar-refractivity contribution < 1.29 is 5.11 Å². The molecule has 2 rings (SSSR count). The molecule has 2 aromatic heterocycles. The number of aliphatic hydroxyl groups excluding tert-OH is 1. The molecule has 0 spiro atoms. The summed E-state index contributed by atoms with van der Waals surface area (Å²) in [6.07, 6.45) is 1.30. The highest BCUT2D eigenvalue weighted by atomic mass is 32.1. The summed E-state index contributed by atoms with van der Waals surface area (Å²) in [6, 6.07) is 2.08. The number of nitrogens with one attached hydrogen (secondary N) is 1. The molecule has 0 amide bonds. The average Bonchev–Trinajstić information content (AvgIpc) is 2.78. The number of hydrogen-bond donors (Lipinski definition) is 3. The van der Waals surface area contributed by atoms with Crippen molar-refractivity contribution in [2.45, 2.75) is 32.8 Å². The van der Waals surface area contributed by atoms with E-state index in [1.54, 1.807) is 11.3 Å². The molecule has 0 saturated heterocycles. The first kappa shape index (κ1) is 13.0. The maximum atomic E-state index is 9.58. The standard InChI is InChI=1S/C12H18N4OS/c1-3-7(17)6-14-10-9-5-8(4-2)18-11(9)16-12(13)15-10/h5,7,17H,3-4,6H2,1-2H3,(H3,13,14,15,16). The van der Waals surface area contributed by atoms with Gasteiger partial charge >= 0.3 is 0 Å². The SMILES string of the molecule is CCc1cc2c(NCC(O)CC)nc(N)nc2s1. The van der Waals surface area contributed by atoms with E-state index in [0.717, 1.165) is 16.6 Å². The van der Waals surface area contributed by atoms with Crippen LogP contribution in [-0.2, 0) is 6.42 Å². The quantitative estimate of drug-likeness (QED) is 0.771. The Kier molecular flexibility index (Phi) is 3.98. The molecule has 2 aromatic rings. The first-order valence-electron chi connectivity index (χ1n) is 6.11. The summed E-state index contributed by atoms with van der Waals surface area (Å²) >= 11 is 1.63. The highest BCUT2D eigenvalue weighted by Crippen LogP contribution is 2.29. The minimum atomic E-state index is -0.375. The summed E-state index contributed by atoms with van der Waals surface area (Å²) in [5.74, 6) is 0.974. The first-order chi connectivity index (χ1) is 8.63. The smallest absolute Gasteiger partial charge is 0.223 e. The largest absolute Gasteiger partial charge is 0.391 e. The lowest BCUT2D eigenvalue weighted by Crippen LogP contribution is -2.19. The van der Waals surface area contributed by atoms with Gasteiger partial charge in [0.15, 0.2) is 0 Å². The lowest BCUT2D eigenvalue weighted by atomic mass is 10.2. The molecule has 6 heteroatoms. The summed E-state index contributed by atoms with van der Waals surface area (Å²) in [5.41, 5.74) is 5.70. The molecular formula is C12H18N4OS. The zero-order chi connectivity index (χ0) is 13.1. The molecule has 0 aliphatic carbocycles. The van der Waals surface area contributed by atoms with E-state index in [9.17, 15) is 5.11 Å². The fourth-order valence-electron chi connectivity index (χ4n) is 1.66. The molecule has 0 saturated carbocycles. The molecule has 0 aromatic carbocycles. The number of rotatable bonds is 5. The van der Waals surface area contributed by atoms with Crippen molar-refractivity contribution in [2.75, 3.05) is 17.6 Å². The van der Waals surface area contributed by atoms with Gasteiger partial charge in [0.25, 0.3) is 0 Å². The van der Waals surface area contributed by atoms with E-state index in [-0.39, 0.29) is 12.1 Å². The Morgan fingerprint density at radius 2 is 2.22 bits per heavy atom. The molecule has 0 aliphatic rings. The van der Waals surface area contributed by atoms with E-state index in [2.05, 4.69) is 28.3 Å². The Morgan fingerprint density at radius 1 is 1.44 bits per heavy atom. The van der Waals surface area contributed by atoms with Gasteiger partial charge in [0.2, 0.25) is 5.95 Å². The van der Waals surface area contributed by atoms with Crippen molar-refractivity contribution in [1.82, 2.24) is 9.97 Å². The topological polar surface area (TPSA) is 84.1 Å². The van der Waals surface area contributed by atoms with Crippen molar-refractivity contribution in [1.29, 1.82) is 0 Å². The lowest BCUT2D eigenvalue weighted by molar-refractivity contribution is 0.183. The third kappa shape index (κ3) is 2.70. The van der Waals surface area contributed by atoms with Crippen LogP contribution in [0.2, 0.25) is 0 Å². The van der Waals surface area contributed by atoms with Gasteiger partial charge in [-0.05, 0) is 18.9 Å². The van der Waals surface area contributed by atoms with Crippen LogP contribution in [0.1, 0.15) is 25.1 Å². The monoisotopic (exact) mass is 266 g/mol. The summed E-state index contributed by atoms with van der Waals surface area (Å²) in [7, 11) is 0. The molecule has 4 N–H and O–H groups in total. The van der Waals surface area contributed by atoms with Gasteiger partial charge in [0, 0.05) is 11.4 Å². The number of hydrogen-bond acceptors (Lipinski definition) is 6. The van der Waals surface area contributed by atoms with E-state index in [4.69, 9.17) is 5.73 Å². The molecule has 0 fully saturated rings. The molecule has 1 atom stereocenters. The normalized spacial score (nSPS) is 12.8. The molecular weight excluding hydrogens is 248 g/mol. The van der Waals surface area contributed by atoms with E-state index in [0.29, 0.717) is 18.8 Å². The summed E-state index contributed by atoms with van der Waals surface area (Å²) in [5, 5.41) is 13.7. The fourth-order valence-corrected chi connectivity index (χ4v) is 2.63. The van der Waals surface area contributed by atoms with Gasteiger partial charge in [-0.1, -0.05) is 13.8 Å². The fraction of sp³-hybridized carbons (Fsp3) is 0.500. The lowest BCUT2D eigenvalue weighted by Gasteiger charge is -2.10. The number of anilines is 2. The van der Waals surface area contributed by atoms with Crippen LogP contribution in [0.4, 0.5) is 11.8 Å². The molecule has 98 valence electrons. The second-order valence-corrected chi connectivity index (χ2v) is 5.27. The van der Waals surface area contributed by atoms with Crippen LogP contribution in [-0.4, -0.2) is 27.7 Å². The Hall–Kier alpha value is -1.40. The predicted molar refractivity (Wildman–Crippen MR) is 76.0 cm³/mol. The minimum Gasteiger partial charge on any atom is -0.391 e. The van der Waals surface area contributed by atoms with Crippen molar-refractivity contribution in [3.05, 3.63) is 10.9 Å². The highest BCUT2D eigenvalue weighted by molar-refractivity contribution is 7.18. The molecule has 1 unspecified atom stereocenters. The second kappa shape index (κ2) is 5.49. The van der Waals surface area contributed by atoms with Crippen LogP contribution in [0.25, 0.3) is 10.2 Å². The van der Waals surface area contributed by atoms with Crippen LogP contribution >= 0.6 is 11.3 Å². The van der Waals surface area contributed by atoms with Gasteiger partial charge in [-0.2, -0.15) is 4.98 Å². The van der Waals surface area contributed by atoms with Gasteiger partial charge in [-0.3, -0.25) is 0 Å². The van der Waals surface area contributed by atoms with E-state index >= 15 is 0 Å². The van der Waals surface area contributed by atoms with Crippen molar-refractivity contribution in [3.63, 3.8) is 0 Å². The number of nitrogens with zero attached hydrogens (tertiary/aromatic N) is 2. The Morgan fingerprint density at radius 3 is 2.89 bits per heavy atom. The molecule has 0 aliphatic heterocycles. The number of aryl methyl sites for hydroxylation is 1. The van der Waals surface area contributed by atoms with Crippen molar-refractivity contribution in [3.8, 4) is 0 Å². The van der Waals surface area contributed by atoms with Gasteiger partial charge in [0.1, 0.15) is 10.6 Å². The van der Waals surface area contributed by atoms with Gasteiger partial charge in [-0.15, -0.1) is 11.3 Å². The second-order valence-electron chi connectivity index (χ2n) is 4.16. The Labute approximate surface area is 110 Å². The van der Waals surface area contributed by atoms with Gasteiger partial charge in [0.05, 0.1) is 11.5 Å². The summed E-state index contributed by atoms with van der Waals surface area (Å²) < 4.78 is 0. The van der Waals surface area contributed by atoms with E-state index in [1.165, 1.54) is 4.88 Å². The van der Waals surface area contributed by atoms with Crippen LogP contribution in [0.15, 0.2) is 6.07 Å². The molecule has 0 bridgehead atoms. The number of nitrogens with two attached hydrogens (primary N) is 1. The van der Waals surface area contributed by atoms with E-state index < -0.39 is 0 Å². The maximum Gasteiger partial charge on any atom is 0.223 e. The molecule has 2 heterocycles. The summed E-state index contributed by atoms with van der Waals surface area (Å²) in [6.45, 7) is 4.52.